The van der Waals surface area contributed by atoms with Crippen LogP contribution >= 0.6 is 11.3 Å². The highest BCUT2D eigenvalue weighted by Gasteiger charge is 2.24. The molecule has 0 saturated carbocycles. The highest BCUT2D eigenvalue weighted by molar-refractivity contribution is 7.09. The van der Waals surface area contributed by atoms with Crippen LogP contribution in [0.1, 0.15) is 38.6 Å². The van der Waals surface area contributed by atoms with Crippen molar-refractivity contribution >= 4 is 23.2 Å². The molecular weight excluding hydrogens is 328 g/mol. The minimum absolute atomic E-state index is 0.0368. The van der Waals surface area contributed by atoms with Crippen LogP contribution in [0.3, 0.4) is 0 Å². The van der Waals surface area contributed by atoms with Gasteiger partial charge < -0.3 is 14.7 Å². The molecule has 1 unspecified atom stereocenters. The molecule has 1 saturated heterocycles. The van der Waals surface area contributed by atoms with E-state index < -0.39 is 5.97 Å². The van der Waals surface area contributed by atoms with Crippen LogP contribution in [0.2, 0.25) is 0 Å². The number of carbonyl (C=O) groups is 2. The van der Waals surface area contributed by atoms with Gasteiger partial charge in [0.15, 0.2) is 0 Å². The quantitative estimate of drug-likeness (QED) is 0.870. The summed E-state index contributed by atoms with van der Waals surface area (Å²) in [6, 6.07) is 6.80. The second kappa shape index (κ2) is 7.55. The van der Waals surface area contributed by atoms with Crippen molar-refractivity contribution in [1.29, 1.82) is 0 Å². The van der Waals surface area contributed by atoms with E-state index in [1.807, 2.05) is 17.5 Å². The van der Waals surface area contributed by atoms with Gasteiger partial charge in [-0.05, 0) is 36.4 Å². The highest BCUT2D eigenvalue weighted by Crippen LogP contribution is 2.19. The highest BCUT2D eigenvalue weighted by atomic mass is 32.1. The minimum Gasteiger partial charge on any atom is -0.477 e. The number of pyridine rings is 1. The van der Waals surface area contributed by atoms with Crippen LogP contribution in [0.4, 0.5) is 0 Å². The molecule has 0 bridgehead atoms. The lowest BCUT2D eigenvalue weighted by Crippen LogP contribution is -2.36. The Hall–Kier alpha value is -2.25. The summed E-state index contributed by atoms with van der Waals surface area (Å²) in [6.07, 6.45) is 3.33. The summed E-state index contributed by atoms with van der Waals surface area (Å²) in [5, 5.41) is 11.0. The van der Waals surface area contributed by atoms with E-state index in [-0.39, 0.29) is 17.7 Å². The summed E-state index contributed by atoms with van der Waals surface area (Å²) >= 11 is 1.59. The van der Waals surface area contributed by atoms with Gasteiger partial charge in [-0.3, -0.25) is 4.79 Å². The first kappa shape index (κ1) is 16.6. The molecule has 3 rings (SSSR count). The Bertz CT molecular complexity index is 711. The molecule has 2 aromatic heterocycles. The van der Waals surface area contributed by atoms with Gasteiger partial charge in [0.2, 0.25) is 0 Å². The number of aromatic nitrogens is 1. The van der Waals surface area contributed by atoms with Crippen LogP contribution in [-0.4, -0.2) is 46.1 Å². The largest absolute Gasteiger partial charge is 0.477 e. The number of rotatable bonds is 6. The van der Waals surface area contributed by atoms with E-state index in [9.17, 15) is 9.59 Å². The Kier molecular flexibility index (Phi) is 5.22. The number of amides is 1. The summed E-state index contributed by atoms with van der Waals surface area (Å²) in [4.78, 5) is 30.5. The molecule has 24 heavy (non-hydrogen) atoms. The third kappa shape index (κ3) is 3.98. The maximum absolute atomic E-state index is 12.9. The van der Waals surface area contributed by atoms with Crippen LogP contribution < -0.4 is 0 Å². The average Bonchev–Trinajstić information content (AvgIpc) is 3.27. The Morgan fingerprint density at radius 1 is 1.42 bits per heavy atom. The topological polar surface area (TPSA) is 79.7 Å². The van der Waals surface area contributed by atoms with Crippen LogP contribution in [0.25, 0.3) is 0 Å². The SMILES string of the molecule is O=C(O)c1cc(C(=O)N(Cc2cccs2)CC2CCCO2)ccn1. The zero-order chi connectivity index (χ0) is 16.9. The summed E-state index contributed by atoms with van der Waals surface area (Å²) in [5.41, 5.74) is 0.200. The molecule has 6 nitrogen and oxygen atoms in total. The van der Waals surface area contributed by atoms with Crippen molar-refractivity contribution in [2.24, 2.45) is 0 Å². The lowest BCUT2D eigenvalue weighted by Gasteiger charge is -2.25. The standard InChI is InChI=1S/C17H18N2O4S/c20-16(12-5-6-18-15(9-12)17(21)22)19(10-13-3-1-7-23-13)11-14-4-2-8-24-14/h2,4-6,8-9,13H,1,3,7,10-11H2,(H,21,22). The number of aromatic carboxylic acids is 1. The first-order valence-electron chi connectivity index (χ1n) is 7.76. The Morgan fingerprint density at radius 2 is 2.29 bits per heavy atom. The van der Waals surface area contributed by atoms with E-state index >= 15 is 0 Å². The summed E-state index contributed by atoms with van der Waals surface area (Å²) < 4.78 is 5.65. The van der Waals surface area contributed by atoms with Gasteiger partial charge >= 0.3 is 5.97 Å². The first-order valence-corrected chi connectivity index (χ1v) is 8.64. The number of ether oxygens (including phenoxy) is 1. The Balaban J connectivity index is 1.81. The van der Waals surface area contributed by atoms with E-state index in [4.69, 9.17) is 9.84 Å². The van der Waals surface area contributed by atoms with Gasteiger partial charge in [-0.15, -0.1) is 11.3 Å². The van der Waals surface area contributed by atoms with Gasteiger partial charge in [0.25, 0.3) is 5.91 Å². The fraction of sp³-hybridized carbons (Fsp3) is 0.353. The van der Waals surface area contributed by atoms with Gasteiger partial charge in [-0.25, -0.2) is 9.78 Å². The lowest BCUT2D eigenvalue weighted by atomic mass is 10.1. The second-order valence-electron chi connectivity index (χ2n) is 5.63. The molecule has 1 aliphatic rings. The van der Waals surface area contributed by atoms with Crippen molar-refractivity contribution in [1.82, 2.24) is 9.88 Å². The van der Waals surface area contributed by atoms with E-state index in [2.05, 4.69) is 4.98 Å². The van der Waals surface area contributed by atoms with Crippen LogP contribution in [0, 0.1) is 0 Å². The molecule has 126 valence electrons. The Labute approximate surface area is 143 Å². The molecule has 2 aromatic rings. The van der Waals surface area contributed by atoms with Gasteiger partial charge in [-0.1, -0.05) is 6.07 Å². The fourth-order valence-electron chi connectivity index (χ4n) is 2.71. The molecule has 1 atom stereocenters. The van der Waals surface area contributed by atoms with Gasteiger partial charge in [0.1, 0.15) is 5.69 Å². The van der Waals surface area contributed by atoms with Gasteiger partial charge in [-0.2, -0.15) is 0 Å². The van der Waals surface area contributed by atoms with Crippen molar-refractivity contribution in [3.63, 3.8) is 0 Å². The molecule has 0 aromatic carbocycles. The summed E-state index contributed by atoms with van der Waals surface area (Å²) in [7, 11) is 0. The smallest absolute Gasteiger partial charge is 0.354 e. The Morgan fingerprint density at radius 3 is 2.96 bits per heavy atom. The van der Waals surface area contributed by atoms with E-state index in [0.717, 1.165) is 24.3 Å². The molecular formula is C17H18N2O4S. The zero-order valence-corrected chi connectivity index (χ0v) is 13.9. The normalized spacial score (nSPS) is 16.9. The van der Waals surface area contributed by atoms with Crippen molar-refractivity contribution in [2.45, 2.75) is 25.5 Å². The third-order valence-corrected chi connectivity index (χ3v) is 4.75. The molecule has 1 aliphatic heterocycles. The minimum atomic E-state index is -1.14. The van der Waals surface area contributed by atoms with Gasteiger partial charge in [0, 0.05) is 29.8 Å². The number of hydrogen-bond acceptors (Lipinski definition) is 5. The van der Waals surface area contributed by atoms with E-state index in [1.54, 1.807) is 22.3 Å². The van der Waals surface area contributed by atoms with Crippen LogP contribution in [0.5, 0.6) is 0 Å². The maximum atomic E-state index is 12.9. The molecule has 0 spiro atoms. The molecule has 3 heterocycles. The van der Waals surface area contributed by atoms with E-state index in [1.165, 1.54) is 12.3 Å². The molecule has 1 fully saturated rings. The van der Waals surface area contributed by atoms with Gasteiger partial charge in [0.05, 0.1) is 12.6 Å². The number of thiophene rings is 1. The monoisotopic (exact) mass is 346 g/mol. The summed E-state index contributed by atoms with van der Waals surface area (Å²) in [5.74, 6) is -1.35. The third-order valence-electron chi connectivity index (χ3n) is 3.89. The van der Waals surface area contributed by atoms with E-state index in [0.29, 0.717) is 18.7 Å². The number of nitrogens with zero attached hydrogens (tertiary/aromatic N) is 2. The average molecular weight is 346 g/mol. The summed E-state index contributed by atoms with van der Waals surface area (Å²) in [6.45, 7) is 1.71. The van der Waals surface area contributed by atoms with Crippen molar-refractivity contribution < 1.29 is 19.4 Å². The van der Waals surface area contributed by atoms with Crippen molar-refractivity contribution in [3.05, 3.63) is 52.0 Å². The molecule has 0 aliphatic carbocycles. The predicted octanol–water partition coefficient (Wildman–Crippen LogP) is 2.66. The fourth-order valence-corrected chi connectivity index (χ4v) is 3.43. The predicted molar refractivity (Wildman–Crippen MR) is 89.2 cm³/mol. The second-order valence-corrected chi connectivity index (χ2v) is 6.67. The molecule has 7 heteroatoms. The first-order chi connectivity index (χ1) is 11.6. The van der Waals surface area contributed by atoms with Crippen LogP contribution in [0.15, 0.2) is 35.8 Å². The number of carboxylic acids is 1. The molecule has 1 amide bonds. The van der Waals surface area contributed by atoms with Crippen molar-refractivity contribution in [3.8, 4) is 0 Å². The number of hydrogen-bond donors (Lipinski definition) is 1. The van der Waals surface area contributed by atoms with Crippen molar-refractivity contribution in [2.75, 3.05) is 13.2 Å². The maximum Gasteiger partial charge on any atom is 0.354 e. The molecule has 1 N–H and O–H groups in total. The number of carboxylic acid groups (broad SMARTS) is 1. The van der Waals surface area contributed by atoms with Crippen LogP contribution in [-0.2, 0) is 11.3 Å². The number of carbonyl (C=O) groups excluding carboxylic acids is 1. The zero-order valence-electron chi connectivity index (χ0n) is 13.1. The lowest BCUT2D eigenvalue weighted by molar-refractivity contribution is 0.0509. The molecule has 0 radical (unpaired) electrons.